The second kappa shape index (κ2) is 5.27. The van der Waals surface area contributed by atoms with Crippen LogP contribution in [0.5, 0.6) is 0 Å². The molecule has 1 heteroatoms. The number of rotatable bonds is 3. The number of fused-ring (bicyclic) bond motifs is 3. The summed E-state index contributed by atoms with van der Waals surface area (Å²) in [5.41, 5.74) is 8.03. The Bertz CT molecular complexity index is 857. The van der Waals surface area contributed by atoms with Crippen LogP contribution in [0.2, 0.25) is 0 Å². The van der Waals surface area contributed by atoms with Gasteiger partial charge in [-0.25, -0.2) is 0 Å². The third-order valence-corrected chi connectivity index (χ3v) is 5.20. The highest BCUT2D eigenvalue weighted by Gasteiger charge is 2.37. The summed E-state index contributed by atoms with van der Waals surface area (Å²) in [7, 11) is 0. The van der Waals surface area contributed by atoms with Crippen LogP contribution in [-0.4, -0.2) is 0 Å². The van der Waals surface area contributed by atoms with E-state index in [2.05, 4.69) is 85.9 Å². The van der Waals surface area contributed by atoms with E-state index in [1.165, 1.54) is 22.3 Å². The molecule has 1 unspecified atom stereocenters. The van der Waals surface area contributed by atoms with E-state index in [9.17, 15) is 0 Å². The lowest BCUT2D eigenvalue weighted by Crippen LogP contribution is -2.19. The van der Waals surface area contributed by atoms with Gasteiger partial charge < -0.3 is 5.32 Å². The van der Waals surface area contributed by atoms with Gasteiger partial charge in [0.25, 0.3) is 0 Å². The van der Waals surface area contributed by atoms with Gasteiger partial charge >= 0.3 is 0 Å². The summed E-state index contributed by atoms with van der Waals surface area (Å²) in [5, 5.41) is 3.52. The van der Waals surface area contributed by atoms with Crippen molar-refractivity contribution in [1.82, 2.24) is 0 Å². The predicted molar refractivity (Wildman–Crippen MR) is 100 cm³/mol. The first-order valence-electron chi connectivity index (χ1n) is 8.29. The third kappa shape index (κ3) is 2.16. The molecule has 1 aliphatic rings. The molecule has 1 aliphatic carbocycles. The molecule has 0 fully saturated rings. The summed E-state index contributed by atoms with van der Waals surface area (Å²) in [6.07, 6.45) is 1.10. The van der Waals surface area contributed by atoms with Crippen LogP contribution in [-0.2, 0) is 5.41 Å². The number of para-hydroxylation sites is 1. The zero-order chi connectivity index (χ0) is 15.9. The molecule has 0 heterocycles. The summed E-state index contributed by atoms with van der Waals surface area (Å²) >= 11 is 0. The van der Waals surface area contributed by atoms with Gasteiger partial charge in [0.1, 0.15) is 0 Å². The molecular weight excluding hydrogens is 278 g/mol. The van der Waals surface area contributed by atoms with Crippen molar-refractivity contribution in [3.05, 3.63) is 83.9 Å². The lowest BCUT2D eigenvalue weighted by molar-refractivity contribution is 0.565. The molecule has 1 atom stereocenters. The fraction of sp³-hybridized carbons (Fsp3) is 0.182. The second-order valence-electron chi connectivity index (χ2n) is 6.48. The van der Waals surface area contributed by atoms with Gasteiger partial charge in [0.2, 0.25) is 0 Å². The van der Waals surface area contributed by atoms with Gasteiger partial charge in [-0.3, -0.25) is 0 Å². The molecule has 23 heavy (non-hydrogen) atoms. The molecule has 0 amide bonds. The van der Waals surface area contributed by atoms with Crippen LogP contribution in [0.15, 0.2) is 72.8 Å². The molecule has 3 aromatic carbocycles. The van der Waals surface area contributed by atoms with Crippen LogP contribution in [0.3, 0.4) is 0 Å². The summed E-state index contributed by atoms with van der Waals surface area (Å²) in [6, 6.07) is 25.9. The van der Waals surface area contributed by atoms with Crippen molar-refractivity contribution in [2.75, 3.05) is 5.32 Å². The molecule has 116 valence electrons. The maximum Gasteiger partial charge on any atom is 0.0387 e. The van der Waals surface area contributed by atoms with E-state index in [1.54, 1.807) is 0 Å². The number of benzene rings is 3. The van der Waals surface area contributed by atoms with Crippen molar-refractivity contribution < 1.29 is 1.43 Å². The van der Waals surface area contributed by atoms with Crippen LogP contribution in [0.4, 0.5) is 11.4 Å². The van der Waals surface area contributed by atoms with Crippen molar-refractivity contribution in [3.8, 4) is 11.1 Å². The first-order valence-corrected chi connectivity index (χ1v) is 8.29. The third-order valence-electron chi connectivity index (χ3n) is 5.20. The Hall–Kier alpha value is -2.54. The molecule has 0 saturated heterocycles. The van der Waals surface area contributed by atoms with E-state index in [-0.39, 0.29) is 6.84 Å². The van der Waals surface area contributed by atoms with Crippen LogP contribution in [0.25, 0.3) is 11.1 Å². The van der Waals surface area contributed by atoms with Gasteiger partial charge in [0.05, 0.1) is 0 Å². The first-order chi connectivity index (χ1) is 11.2. The van der Waals surface area contributed by atoms with E-state index < -0.39 is 0 Å². The van der Waals surface area contributed by atoms with Crippen molar-refractivity contribution in [2.24, 2.45) is 0 Å². The Morgan fingerprint density at radius 3 is 2.26 bits per heavy atom. The fourth-order valence-corrected chi connectivity index (χ4v) is 3.73. The molecule has 0 aliphatic heterocycles. The molecule has 1 N–H and O–H groups in total. The Labute approximate surface area is 139 Å². The average molecular weight is 301 g/mol. The Morgan fingerprint density at radius 1 is 0.783 bits per heavy atom. The van der Waals surface area contributed by atoms with Crippen LogP contribution in [0.1, 0.15) is 32.8 Å². The van der Waals surface area contributed by atoms with Crippen molar-refractivity contribution >= 4 is 11.4 Å². The summed E-state index contributed by atoms with van der Waals surface area (Å²) < 4.78 is 0. The second-order valence-corrected chi connectivity index (χ2v) is 6.48. The molecular formula is C22H23N. The number of nitrogens with one attached hydrogen (secondary N) is 1. The summed E-state index contributed by atoms with van der Waals surface area (Å²) in [6.45, 7) is 4.65. The molecule has 0 saturated carbocycles. The number of anilines is 2. The minimum absolute atomic E-state index is 0. The lowest BCUT2D eigenvalue weighted by atomic mass is 9.78. The highest BCUT2D eigenvalue weighted by atomic mass is 14.9. The van der Waals surface area contributed by atoms with Gasteiger partial charge in [0.15, 0.2) is 0 Å². The molecule has 3 aromatic rings. The van der Waals surface area contributed by atoms with E-state index in [0.717, 1.165) is 17.8 Å². The first kappa shape index (κ1) is 14.1. The quantitative estimate of drug-likeness (QED) is 0.592. The smallest absolute Gasteiger partial charge is 0.0387 e. The zero-order valence-electron chi connectivity index (χ0n) is 13.6. The molecule has 4 rings (SSSR count). The maximum absolute atomic E-state index is 3.52. The molecule has 0 aromatic heterocycles. The lowest BCUT2D eigenvalue weighted by Gasteiger charge is -2.26. The van der Waals surface area contributed by atoms with Crippen molar-refractivity contribution in [2.45, 2.75) is 25.7 Å². The highest BCUT2D eigenvalue weighted by Crippen LogP contribution is 2.51. The Morgan fingerprint density at radius 2 is 1.48 bits per heavy atom. The Kier molecular flexibility index (Phi) is 3.23. The van der Waals surface area contributed by atoms with Crippen LogP contribution >= 0.6 is 0 Å². The van der Waals surface area contributed by atoms with Gasteiger partial charge in [-0.1, -0.05) is 62.4 Å². The van der Waals surface area contributed by atoms with Crippen molar-refractivity contribution in [3.63, 3.8) is 0 Å². The average Bonchev–Trinajstić information content (AvgIpc) is 2.86. The standard InChI is InChI=1S/C22H21N.H2/c1-3-22(2)20-12-8-7-11-18(20)19-14-13-17(15-21(19)22)23-16-9-5-4-6-10-16;/h4-15,23H,3H2,1-2H3;1H. The van der Waals surface area contributed by atoms with E-state index >= 15 is 0 Å². The van der Waals surface area contributed by atoms with Gasteiger partial charge in [-0.05, 0) is 52.9 Å². The Balaban J connectivity index is 0.00000169. The van der Waals surface area contributed by atoms with E-state index in [0.29, 0.717) is 0 Å². The SMILES string of the molecule is CCC1(C)c2ccccc2-c2ccc(Nc3ccccc3)cc21.[HH]. The van der Waals surface area contributed by atoms with Crippen LogP contribution < -0.4 is 5.32 Å². The topological polar surface area (TPSA) is 12.0 Å². The van der Waals surface area contributed by atoms with E-state index in [4.69, 9.17) is 0 Å². The number of hydrogen-bond acceptors (Lipinski definition) is 1. The summed E-state index contributed by atoms with van der Waals surface area (Å²) in [5.74, 6) is 0. The molecule has 0 radical (unpaired) electrons. The number of hydrogen-bond donors (Lipinski definition) is 1. The molecule has 1 nitrogen and oxygen atoms in total. The normalized spacial score (nSPS) is 18.3. The van der Waals surface area contributed by atoms with Gasteiger partial charge in [-0.15, -0.1) is 0 Å². The zero-order valence-corrected chi connectivity index (χ0v) is 13.6. The fourth-order valence-electron chi connectivity index (χ4n) is 3.73. The van der Waals surface area contributed by atoms with Crippen molar-refractivity contribution in [1.29, 1.82) is 0 Å². The predicted octanol–water partition coefficient (Wildman–Crippen LogP) is 6.37. The monoisotopic (exact) mass is 301 g/mol. The molecule has 0 bridgehead atoms. The minimum atomic E-state index is 0. The maximum atomic E-state index is 3.52. The highest BCUT2D eigenvalue weighted by molar-refractivity contribution is 5.83. The van der Waals surface area contributed by atoms with Gasteiger partial charge in [0, 0.05) is 18.2 Å². The van der Waals surface area contributed by atoms with Crippen LogP contribution in [0, 0.1) is 0 Å². The largest absolute Gasteiger partial charge is 0.356 e. The minimum Gasteiger partial charge on any atom is -0.356 e. The summed E-state index contributed by atoms with van der Waals surface area (Å²) in [4.78, 5) is 0. The van der Waals surface area contributed by atoms with E-state index in [1.807, 2.05) is 6.07 Å². The molecule has 0 spiro atoms. The van der Waals surface area contributed by atoms with Gasteiger partial charge in [-0.2, -0.15) is 0 Å².